The molecule has 0 heterocycles. The van der Waals surface area contributed by atoms with Crippen LogP contribution < -0.4 is 0 Å². The van der Waals surface area contributed by atoms with Crippen molar-refractivity contribution >= 4 is 5.78 Å². The van der Waals surface area contributed by atoms with E-state index in [-0.39, 0.29) is 17.1 Å². The van der Waals surface area contributed by atoms with Crippen LogP contribution in [0.25, 0.3) is 0 Å². The summed E-state index contributed by atoms with van der Waals surface area (Å²) in [6, 6.07) is 0. The van der Waals surface area contributed by atoms with Crippen molar-refractivity contribution < 1.29 is 9.90 Å². The molecule has 2 saturated carbocycles. The number of hydrogen-bond donors (Lipinski definition) is 1. The van der Waals surface area contributed by atoms with Crippen LogP contribution in [-0.2, 0) is 4.79 Å². The summed E-state index contributed by atoms with van der Waals surface area (Å²) in [6.45, 7) is 3.99. The van der Waals surface area contributed by atoms with Crippen LogP contribution in [0.4, 0.5) is 0 Å². The monoisotopic (exact) mass is 334 g/mol. The fourth-order valence-electron chi connectivity index (χ4n) is 6.37. The minimum Gasteiger partial charge on any atom is -0.377 e. The van der Waals surface area contributed by atoms with Crippen molar-refractivity contribution in [3.8, 4) is 24.2 Å². The first-order valence-electron chi connectivity index (χ1n) is 9.48. The third kappa shape index (κ3) is 2.21. The molecule has 0 aromatic rings. The molecule has 0 amide bonds. The number of ketones is 1. The van der Waals surface area contributed by atoms with Crippen LogP contribution in [-0.4, -0.2) is 16.5 Å². The summed E-state index contributed by atoms with van der Waals surface area (Å²) in [5.74, 6) is 11.1. The zero-order chi connectivity index (χ0) is 17.8. The Kier molecular flexibility index (Phi) is 3.75. The zero-order valence-electron chi connectivity index (χ0n) is 15.1. The highest BCUT2D eigenvalue weighted by molar-refractivity contribution is 5.92. The molecule has 0 bridgehead atoms. The molecule has 4 rings (SSSR count). The van der Waals surface area contributed by atoms with Crippen molar-refractivity contribution in [2.24, 2.45) is 35.0 Å². The van der Waals surface area contributed by atoms with E-state index in [1.807, 2.05) is 6.08 Å². The smallest absolute Gasteiger partial charge is 0.155 e. The molecule has 4 aliphatic rings. The molecule has 130 valence electrons. The zero-order valence-corrected chi connectivity index (χ0v) is 15.1. The van der Waals surface area contributed by atoms with Gasteiger partial charge in [-0.3, -0.25) is 4.79 Å². The predicted octanol–water partition coefficient (Wildman–Crippen LogP) is 3.52. The van der Waals surface area contributed by atoms with E-state index < -0.39 is 5.60 Å². The number of terminal acetylenes is 1. The van der Waals surface area contributed by atoms with Crippen molar-refractivity contribution in [1.29, 1.82) is 0 Å². The minimum atomic E-state index is -0.932. The van der Waals surface area contributed by atoms with Gasteiger partial charge in [-0.05, 0) is 67.9 Å². The first-order chi connectivity index (χ1) is 11.9. The summed E-state index contributed by atoms with van der Waals surface area (Å²) < 4.78 is 0. The van der Waals surface area contributed by atoms with E-state index in [1.54, 1.807) is 6.92 Å². The van der Waals surface area contributed by atoms with Gasteiger partial charge in [0.15, 0.2) is 5.78 Å². The molecular weight excluding hydrogens is 308 g/mol. The molecule has 4 aliphatic carbocycles. The van der Waals surface area contributed by atoms with Crippen molar-refractivity contribution in [2.75, 3.05) is 0 Å². The molecule has 2 fully saturated rings. The van der Waals surface area contributed by atoms with E-state index in [0.717, 1.165) is 25.7 Å². The van der Waals surface area contributed by atoms with Gasteiger partial charge in [-0.2, -0.15) is 0 Å². The average Bonchev–Trinajstić information content (AvgIpc) is 2.85. The maximum absolute atomic E-state index is 11.8. The van der Waals surface area contributed by atoms with Crippen LogP contribution in [0, 0.1) is 59.2 Å². The van der Waals surface area contributed by atoms with E-state index in [2.05, 4.69) is 36.8 Å². The summed E-state index contributed by atoms with van der Waals surface area (Å²) in [4.78, 5) is 11.8. The number of carbonyl (C=O) groups is 1. The lowest BCUT2D eigenvalue weighted by molar-refractivity contribution is -0.116. The second kappa shape index (κ2) is 5.62. The molecule has 1 N–H and O–H groups in total. The van der Waals surface area contributed by atoms with Gasteiger partial charge in [-0.15, -0.1) is 18.3 Å². The summed E-state index contributed by atoms with van der Waals surface area (Å²) in [5, 5.41) is 11.3. The number of allylic oxidation sites excluding steroid dienone is 4. The molecule has 0 aromatic heterocycles. The van der Waals surface area contributed by atoms with Gasteiger partial charge in [0.05, 0.1) is 0 Å². The Morgan fingerprint density at radius 2 is 2.16 bits per heavy atom. The van der Waals surface area contributed by atoms with Crippen LogP contribution in [0.3, 0.4) is 0 Å². The summed E-state index contributed by atoms with van der Waals surface area (Å²) in [7, 11) is 0. The van der Waals surface area contributed by atoms with Gasteiger partial charge >= 0.3 is 0 Å². The highest BCUT2D eigenvalue weighted by Crippen LogP contribution is 2.64. The Balaban J connectivity index is 1.79. The van der Waals surface area contributed by atoms with Gasteiger partial charge in [0.1, 0.15) is 5.60 Å². The van der Waals surface area contributed by atoms with E-state index in [1.165, 1.54) is 5.57 Å². The summed E-state index contributed by atoms with van der Waals surface area (Å²) in [6.07, 6.45) is 16.4. The Labute approximate surface area is 150 Å². The molecular formula is C23H26O2. The Morgan fingerprint density at radius 3 is 2.88 bits per heavy atom. The van der Waals surface area contributed by atoms with Crippen molar-refractivity contribution in [2.45, 2.75) is 51.6 Å². The minimum absolute atomic E-state index is 0.126. The van der Waals surface area contributed by atoms with Crippen LogP contribution in [0.1, 0.15) is 46.0 Å². The van der Waals surface area contributed by atoms with Crippen molar-refractivity contribution in [3.05, 3.63) is 23.8 Å². The van der Waals surface area contributed by atoms with Gasteiger partial charge < -0.3 is 5.11 Å². The first-order valence-corrected chi connectivity index (χ1v) is 9.48. The Morgan fingerprint density at radius 1 is 1.36 bits per heavy atom. The molecule has 0 saturated heterocycles. The fraction of sp³-hybridized carbons (Fsp3) is 0.609. The first kappa shape index (κ1) is 16.7. The molecule has 2 nitrogen and oxygen atoms in total. The number of rotatable bonds is 0. The summed E-state index contributed by atoms with van der Waals surface area (Å²) in [5.41, 5.74) is -0.0218. The molecule has 2 heteroatoms. The molecule has 0 unspecified atom stereocenters. The van der Waals surface area contributed by atoms with E-state index >= 15 is 0 Å². The number of hydrogen-bond acceptors (Lipinski definition) is 2. The Bertz CT molecular complexity index is 770. The number of carbonyl (C=O) groups excluding carboxylic acids is 1. The fourth-order valence-corrected chi connectivity index (χ4v) is 6.37. The van der Waals surface area contributed by atoms with Crippen molar-refractivity contribution in [1.82, 2.24) is 0 Å². The van der Waals surface area contributed by atoms with E-state index in [9.17, 15) is 9.90 Å². The normalized spacial score (nSPS) is 47.5. The molecule has 0 aliphatic heterocycles. The lowest BCUT2D eigenvalue weighted by atomic mass is 9.49. The van der Waals surface area contributed by atoms with E-state index in [0.29, 0.717) is 30.1 Å². The second-order valence-electron chi connectivity index (χ2n) is 8.54. The molecule has 7 atom stereocenters. The molecule has 0 aromatic carbocycles. The van der Waals surface area contributed by atoms with Crippen molar-refractivity contribution in [3.63, 3.8) is 0 Å². The van der Waals surface area contributed by atoms with Gasteiger partial charge in [0.2, 0.25) is 0 Å². The molecule has 0 spiro atoms. The SMILES string of the molecule is C#C[C@H]1C[C@@]2(C)[C@@H](CC[C@@]2(O)C#CC)[C@@H]2C=CC3=CC(=O)CC[C@@H]3[C@H]21. The lowest BCUT2D eigenvalue weighted by Gasteiger charge is -2.55. The number of fused-ring (bicyclic) bond motifs is 5. The third-order valence-electron chi connectivity index (χ3n) is 7.58. The summed E-state index contributed by atoms with van der Waals surface area (Å²) >= 11 is 0. The van der Waals surface area contributed by atoms with Crippen LogP contribution in [0.2, 0.25) is 0 Å². The standard InChI is InChI=1S/C23H26O2/c1-4-11-23(25)12-10-20-19-8-6-16-13-17(24)7-9-18(16)21(19)15(5-2)14-22(20,23)3/h2,6,8,13,15,18-21,25H,7,9-10,12,14H2,1,3H3/t15-,18-,19-,20-,21+,22-,23-/m0/s1. The van der Waals surface area contributed by atoms with Crippen LogP contribution >= 0.6 is 0 Å². The maximum atomic E-state index is 11.8. The largest absolute Gasteiger partial charge is 0.377 e. The third-order valence-corrected chi connectivity index (χ3v) is 7.58. The quantitative estimate of drug-likeness (QED) is 0.688. The maximum Gasteiger partial charge on any atom is 0.155 e. The highest BCUT2D eigenvalue weighted by Gasteiger charge is 2.63. The number of aliphatic hydroxyl groups is 1. The van der Waals surface area contributed by atoms with Crippen LogP contribution in [0.15, 0.2) is 23.8 Å². The van der Waals surface area contributed by atoms with Crippen LogP contribution in [0.5, 0.6) is 0 Å². The predicted molar refractivity (Wildman–Crippen MR) is 98.1 cm³/mol. The van der Waals surface area contributed by atoms with Gasteiger partial charge in [-0.1, -0.05) is 25.0 Å². The van der Waals surface area contributed by atoms with Gasteiger partial charge in [0, 0.05) is 17.8 Å². The Hall–Kier alpha value is -1.77. The molecule has 25 heavy (non-hydrogen) atoms. The molecule has 0 radical (unpaired) electrons. The average molecular weight is 334 g/mol. The topological polar surface area (TPSA) is 37.3 Å². The van der Waals surface area contributed by atoms with E-state index in [4.69, 9.17) is 6.42 Å². The lowest BCUT2D eigenvalue weighted by Crippen LogP contribution is -2.54. The second-order valence-corrected chi connectivity index (χ2v) is 8.54. The van der Waals surface area contributed by atoms with Gasteiger partial charge in [-0.25, -0.2) is 0 Å². The highest BCUT2D eigenvalue weighted by atomic mass is 16.3. The van der Waals surface area contributed by atoms with Gasteiger partial charge in [0.25, 0.3) is 0 Å².